The molecule has 1 saturated heterocycles. The van der Waals surface area contributed by atoms with Gasteiger partial charge in [-0.05, 0) is 25.3 Å². The molecule has 0 bridgehead atoms. The van der Waals surface area contributed by atoms with Gasteiger partial charge < -0.3 is 15.0 Å². The SMILES string of the molecule is CCNC(=NCCc1ccccc1)N(C)CC1CCOC1. The molecule has 1 aromatic carbocycles. The molecule has 0 amide bonds. The normalized spacial score (nSPS) is 18.8. The summed E-state index contributed by atoms with van der Waals surface area (Å²) in [4.78, 5) is 6.97. The zero-order valence-electron chi connectivity index (χ0n) is 13.2. The van der Waals surface area contributed by atoms with Gasteiger partial charge in [0.2, 0.25) is 0 Å². The highest BCUT2D eigenvalue weighted by Gasteiger charge is 2.18. The highest BCUT2D eigenvalue weighted by molar-refractivity contribution is 5.79. The summed E-state index contributed by atoms with van der Waals surface area (Å²) < 4.78 is 5.45. The average Bonchev–Trinajstić information content (AvgIpc) is 3.00. The molecule has 0 aromatic heterocycles. The van der Waals surface area contributed by atoms with Crippen LogP contribution in [-0.2, 0) is 11.2 Å². The quantitative estimate of drug-likeness (QED) is 0.644. The molecule has 2 rings (SSSR count). The van der Waals surface area contributed by atoms with Crippen molar-refractivity contribution >= 4 is 5.96 Å². The van der Waals surface area contributed by atoms with Crippen molar-refractivity contribution in [1.82, 2.24) is 10.2 Å². The molecule has 1 heterocycles. The minimum atomic E-state index is 0.632. The molecule has 1 aromatic rings. The third-order valence-corrected chi connectivity index (χ3v) is 3.76. The molecule has 1 N–H and O–H groups in total. The van der Waals surface area contributed by atoms with Gasteiger partial charge in [-0.1, -0.05) is 30.3 Å². The third-order valence-electron chi connectivity index (χ3n) is 3.76. The number of rotatable bonds is 6. The largest absolute Gasteiger partial charge is 0.381 e. The molecule has 1 fully saturated rings. The minimum absolute atomic E-state index is 0.632. The molecule has 0 aliphatic carbocycles. The molecule has 116 valence electrons. The Morgan fingerprint density at radius 1 is 1.38 bits per heavy atom. The van der Waals surface area contributed by atoms with Crippen LogP contribution >= 0.6 is 0 Å². The second-order valence-corrected chi connectivity index (χ2v) is 5.58. The number of nitrogens with zero attached hydrogens (tertiary/aromatic N) is 2. The van der Waals surface area contributed by atoms with Crippen molar-refractivity contribution in [2.75, 3.05) is 39.9 Å². The lowest BCUT2D eigenvalue weighted by Crippen LogP contribution is -2.41. The third kappa shape index (κ3) is 5.38. The Kier molecular flexibility index (Phi) is 6.54. The van der Waals surface area contributed by atoms with Gasteiger partial charge in [-0.2, -0.15) is 0 Å². The van der Waals surface area contributed by atoms with E-state index in [9.17, 15) is 0 Å². The Bertz CT molecular complexity index is 427. The molecule has 1 unspecified atom stereocenters. The standard InChI is InChI=1S/C17H27N3O/c1-3-18-17(20(2)13-16-10-12-21-14-16)19-11-9-15-7-5-4-6-8-15/h4-8,16H,3,9-14H2,1-2H3,(H,18,19). The maximum Gasteiger partial charge on any atom is 0.193 e. The maximum absolute atomic E-state index is 5.45. The van der Waals surface area contributed by atoms with Crippen LogP contribution in [0.3, 0.4) is 0 Å². The Labute approximate surface area is 128 Å². The van der Waals surface area contributed by atoms with Gasteiger partial charge in [0.15, 0.2) is 5.96 Å². The maximum atomic E-state index is 5.45. The second kappa shape index (κ2) is 8.67. The van der Waals surface area contributed by atoms with Gasteiger partial charge in [-0.25, -0.2) is 0 Å². The van der Waals surface area contributed by atoms with Crippen molar-refractivity contribution in [2.45, 2.75) is 19.8 Å². The number of guanidine groups is 1. The van der Waals surface area contributed by atoms with Crippen LogP contribution in [0.1, 0.15) is 18.9 Å². The molecule has 0 saturated carbocycles. The van der Waals surface area contributed by atoms with E-state index in [1.165, 1.54) is 5.56 Å². The highest BCUT2D eigenvalue weighted by atomic mass is 16.5. The summed E-state index contributed by atoms with van der Waals surface area (Å²) >= 11 is 0. The fourth-order valence-corrected chi connectivity index (χ4v) is 2.61. The fraction of sp³-hybridized carbons (Fsp3) is 0.588. The molecule has 4 nitrogen and oxygen atoms in total. The number of hydrogen-bond acceptors (Lipinski definition) is 2. The van der Waals surface area contributed by atoms with Crippen molar-refractivity contribution in [3.05, 3.63) is 35.9 Å². The average molecular weight is 289 g/mol. The first-order valence-electron chi connectivity index (χ1n) is 7.90. The molecular formula is C17H27N3O. The van der Waals surface area contributed by atoms with Gasteiger partial charge in [0, 0.05) is 39.2 Å². The van der Waals surface area contributed by atoms with Gasteiger partial charge in [0.25, 0.3) is 0 Å². The van der Waals surface area contributed by atoms with Crippen LogP contribution in [0.5, 0.6) is 0 Å². The lowest BCUT2D eigenvalue weighted by molar-refractivity contribution is 0.181. The van der Waals surface area contributed by atoms with E-state index in [4.69, 9.17) is 9.73 Å². The van der Waals surface area contributed by atoms with E-state index in [0.29, 0.717) is 5.92 Å². The Morgan fingerprint density at radius 2 is 2.19 bits per heavy atom. The van der Waals surface area contributed by atoms with E-state index in [0.717, 1.165) is 51.6 Å². The van der Waals surface area contributed by atoms with Crippen molar-refractivity contribution in [1.29, 1.82) is 0 Å². The minimum Gasteiger partial charge on any atom is -0.381 e. The Balaban J connectivity index is 1.85. The molecule has 0 radical (unpaired) electrons. The van der Waals surface area contributed by atoms with E-state index in [-0.39, 0.29) is 0 Å². The van der Waals surface area contributed by atoms with E-state index in [1.807, 2.05) is 6.07 Å². The van der Waals surface area contributed by atoms with Gasteiger partial charge in [0.1, 0.15) is 0 Å². The topological polar surface area (TPSA) is 36.9 Å². The van der Waals surface area contributed by atoms with Crippen molar-refractivity contribution in [3.63, 3.8) is 0 Å². The first-order chi connectivity index (χ1) is 10.3. The summed E-state index contributed by atoms with van der Waals surface area (Å²) in [7, 11) is 2.11. The molecule has 1 aliphatic rings. The highest BCUT2D eigenvalue weighted by Crippen LogP contribution is 2.13. The number of benzene rings is 1. The van der Waals surface area contributed by atoms with Crippen molar-refractivity contribution in [2.24, 2.45) is 10.9 Å². The number of aliphatic imine (C=N–C) groups is 1. The van der Waals surface area contributed by atoms with Crippen LogP contribution < -0.4 is 5.32 Å². The first-order valence-corrected chi connectivity index (χ1v) is 7.90. The van der Waals surface area contributed by atoms with E-state index >= 15 is 0 Å². The Morgan fingerprint density at radius 3 is 2.86 bits per heavy atom. The van der Waals surface area contributed by atoms with Crippen LogP contribution in [-0.4, -0.2) is 50.8 Å². The second-order valence-electron chi connectivity index (χ2n) is 5.58. The van der Waals surface area contributed by atoms with E-state index in [1.54, 1.807) is 0 Å². The summed E-state index contributed by atoms with van der Waals surface area (Å²) in [5, 5.41) is 3.38. The van der Waals surface area contributed by atoms with Crippen molar-refractivity contribution in [3.8, 4) is 0 Å². The number of hydrogen-bond donors (Lipinski definition) is 1. The predicted octanol–water partition coefficient (Wildman–Crippen LogP) is 2.16. The van der Waals surface area contributed by atoms with Crippen LogP contribution in [0, 0.1) is 5.92 Å². The lowest BCUT2D eigenvalue weighted by atomic mass is 10.1. The fourth-order valence-electron chi connectivity index (χ4n) is 2.61. The number of nitrogens with one attached hydrogen (secondary N) is 1. The van der Waals surface area contributed by atoms with Gasteiger partial charge in [-0.15, -0.1) is 0 Å². The molecule has 4 heteroatoms. The van der Waals surface area contributed by atoms with Crippen LogP contribution in [0.25, 0.3) is 0 Å². The Hall–Kier alpha value is -1.55. The molecule has 0 spiro atoms. The van der Waals surface area contributed by atoms with Crippen LogP contribution in [0.15, 0.2) is 35.3 Å². The molecule has 21 heavy (non-hydrogen) atoms. The summed E-state index contributed by atoms with van der Waals surface area (Å²) in [6.45, 7) is 6.62. The summed E-state index contributed by atoms with van der Waals surface area (Å²) in [6.07, 6.45) is 2.14. The van der Waals surface area contributed by atoms with Gasteiger partial charge in [0.05, 0.1) is 6.61 Å². The zero-order valence-corrected chi connectivity index (χ0v) is 13.2. The van der Waals surface area contributed by atoms with Crippen molar-refractivity contribution < 1.29 is 4.74 Å². The smallest absolute Gasteiger partial charge is 0.193 e. The first kappa shape index (κ1) is 15.8. The summed E-state index contributed by atoms with van der Waals surface area (Å²) in [6, 6.07) is 10.5. The molecular weight excluding hydrogens is 262 g/mol. The molecule has 1 aliphatic heterocycles. The summed E-state index contributed by atoms with van der Waals surface area (Å²) in [5.41, 5.74) is 1.34. The predicted molar refractivity (Wildman–Crippen MR) is 87.7 cm³/mol. The van der Waals surface area contributed by atoms with E-state index in [2.05, 4.69) is 48.5 Å². The van der Waals surface area contributed by atoms with Crippen LogP contribution in [0.2, 0.25) is 0 Å². The molecule has 1 atom stereocenters. The van der Waals surface area contributed by atoms with Gasteiger partial charge in [-0.3, -0.25) is 4.99 Å². The zero-order chi connectivity index (χ0) is 14.9. The summed E-state index contributed by atoms with van der Waals surface area (Å²) in [5.74, 6) is 1.63. The van der Waals surface area contributed by atoms with Crippen LogP contribution in [0.4, 0.5) is 0 Å². The van der Waals surface area contributed by atoms with E-state index < -0.39 is 0 Å². The van der Waals surface area contributed by atoms with Gasteiger partial charge >= 0.3 is 0 Å². The monoisotopic (exact) mass is 289 g/mol. The lowest BCUT2D eigenvalue weighted by Gasteiger charge is -2.24. The number of ether oxygens (including phenoxy) is 1.